The predicted octanol–water partition coefficient (Wildman–Crippen LogP) is 5.78. The highest BCUT2D eigenvalue weighted by Crippen LogP contribution is 2.34. The van der Waals surface area contributed by atoms with Crippen molar-refractivity contribution in [3.05, 3.63) is 99.9 Å². The number of ketones is 1. The maximum absolute atomic E-state index is 14.7. The molecule has 1 saturated heterocycles. The number of hydrogen-bond donors (Lipinski definition) is 0. The summed E-state index contributed by atoms with van der Waals surface area (Å²) in [5.41, 5.74) is 7.68. The number of alkyl halides is 2. The third-order valence-corrected chi connectivity index (χ3v) is 7.11. The average Bonchev–Trinajstić information content (AvgIpc) is 3.24. The zero-order chi connectivity index (χ0) is 24.6. The van der Waals surface area contributed by atoms with Crippen LogP contribution in [0.4, 0.5) is 8.78 Å². The van der Waals surface area contributed by atoms with Crippen molar-refractivity contribution in [2.45, 2.75) is 45.7 Å². The number of rotatable bonds is 6. The summed E-state index contributed by atoms with van der Waals surface area (Å²) in [6.45, 7) is 5.30. The van der Waals surface area contributed by atoms with Gasteiger partial charge in [0.05, 0.1) is 18.8 Å². The van der Waals surface area contributed by atoms with Crippen molar-refractivity contribution < 1.29 is 13.6 Å². The van der Waals surface area contributed by atoms with Gasteiger partial charge in [-0.15, -0.1) is 0 Å². The summed E-state index contributed by atoms with van der Waals surface area (Å²) in [5.74, 6) is -3.29. The number of aromatic nitrogens is 1. The molecule has 5 rings (SSSR count). The molecule has 0 saturated carbocycles. The highest BCUT2D eigenvalue weighted by molar-refractivity contribution is 6.16. The fraction of sp³-hybridized carbons (Fsp3) is 0.345. The normalized spacial score (nSPS) is 19.3. The Hall–Kier alpha value is -3.25. The Kier molecular flexibility index (Phi) is 6.32. The van der Waals surface area contributed by atoms with Gasteiger partial charge in [0.25, 0.3) is 5.92 Å². The lowest BCUT2D eigenvalue weighted by atomic mass is 9.87. The van der Waals surface area contributed by atoms with E-state index in [0.717, 1.165) is 39.1 Å². The summed E-state index contributed by atoms with van der Waals surface area (Å²) in [6, 6.07) is 15.4. The van der Waals surface area contributed by atoms with Crippen LogP contribution in [0.3, 0.4) is 0 Å². The molecule has 2 aliphatic heterocycles. The van der Waals surface area contributed by atoms with Crippen molar-refractivity contribution in [2.24, 2.45) is 10.9 Å². The molecule has 0 amide bonds. The first-order valence-electron chi connectivity index (χ1n) is 12.1. The second-order valence-electron chi connectivity index (χ2n) is 9.87. The van der Waals surface area contributed by atoms with Gasteiger partial charge in [-0.25, -0.2) is 8.78 Å². The van der Waals surface area contributed by atoms with E-state index < -0.39 is 11.8 Å². The SMILES string of the molecule is Cc1cccc(C)c1CN1CC(CC(=O)c2ccc3c(c2)C(c2ccncc2)=NC3)CC(F)(F)C1. The smallest absolute Gasteiger partial charge is 0.260 e. The zero-order valence-electron chi connectivity index (χ0n) is 20.1. The van der Waals surface area contributed by atoms with Gasteiger partial charge in [0, 0.05) is 55.0 Å². The van der Waals surface area contributed by atoms with Gasteiger partial charge in [0.1, 0.15) is 0 Å². The second-order valence-corrected chi connectivity index (χ2v) is 9.87. The molecule has 1 fully saturated rings. The monoisotopic (exact) mass is 473 g/mol. The van der Waals surface area contributed by atoms with Crippen LogP contribution in [0.1, 0.15) is 56.6 Å². The molecule has 6 heteroatoms. The molecule has 1 aromatic heterocycles. The van der Waals surface area contributed by atoms with E-state index in [4.69, 9.17) is 0 Å². The molecule has 0 bridgehead atoms. The first-order chi connectivity index (χ1) is 16.8. The number of halogens is 2. The Labute approximate surface area is 204 Å². The number of aryl methyl sites for hydroxylation is 2. The van der Waals surface area contributed by atoms with Crippen LogP contribution >= 0.6 is 0 Å². The topological polar surface area (TPSA) is 45.6 Å². The lowest BCUT2D eigenvalue weighted by molar-refractivity contribution is -0.0864. The number of likely N-dealkylation sites (tertiary alicyclic amines) is 1. The molecule has 0 aliphatic carbocycles. The first-order valence-corrected chi connectivity index (χ1v) is 12.1. The molecule has 180 valence electrons. The Morgan fingerprint density at radius 3 is 2.57 bits per heavy atom. The number of benzene rings is 2. The van der Waals surface area contributed by atoms with Crippen LogP contribution in [0.5, 0.6) is 0 Å². The third-order valence-electron chi connectivity index (χ3n) is 7.11. The van der Waals surface area contributed by atoms with Gasteiger partial charge in [-0.2, -0.15) is 0 Å². The molecule has 3 aromatic rings. The zero-order valence-corrected chi connectivity index (χ0v) is 20.1. The van der Waals surface area contributed by atoms with Crippen LogP contribution in [0.15, 0.2) is 65.9 Å². The number of carbonyl (C=O) groups is 1. The lowest BCUT2D eigenvalue weighted by Gasteiger charge is -2.38. The highest BCUT2D eigenvalue weighted by Gasteiger charge is 2.41. The van der Waals surface area contributed by atoms with Crippen molar-refractivity contribution in [2.75, 3.05) is 13.1 Å². The van der Waals surface area contributed by atoms with Gasteiger partial charge in [0.2, 0.25) is 0 Å². The summed E-state index contributed by atoms with van der Waals surface area (Å²) in [7, 11) is 0. The van der Waals surface area contributed by atoms with Gasteiger partial charge in [-0.3, -0.25) is 19.7 Å². The Bertz CT molecular complexity index is 1270. The van der Waals surface area contributed by atoms with Crippen LogP contribution in [0.25, 0.3) is 0 Å². The van der Waals surface area contributed by atoms with Crippen molar-refractivity contribution >= 4 is 11.5 Å². The van der Waals surface area contributed by atoms with E-state index in [-0.39, 0.29) is 25.2 Å². The van der Waals surface area contributed by atoms with Gasteiger partial charge in [-0.05, 0) is 60.2 Å². The standard InChI is InChI=1S/C29H29F2N3O/c1-19-4-3-5-20(2)26(19)17-34-16-21(14-29(30,31)18-34)12-27(35)23-6-7-24-15-33-28(25(24)13-23)22-8-10-32-11-9-22/h3-11,13,21H,12,14-18H2,1-2H3. The van der Waals surface area contributed by atoms with Crippen molar-refractivity contribution in [1.82, 2.24) is 9.88 Å². The molecule has 0 radical (unpaired) electrons. The summed E-state index contributed by atoms with van der Waals surface area (Å²) >= 11 is 0. The molecular formula is C29H29F2N3O. The average molecular weight is 474 g/mol. The van der Waals surface area contributed by atoms with E-state index in [1.807, 2.05) is 67.3 Å². The summed E-state index contributed by atoms with van der Waals surface area (Å²) in [6.07, 6.45) is 3.30. The summed E-state index contributed by atoms with van der Waals surface area (Å²) < 4.78 is 29.4. The summed E-state index contributed by atoms with van der Waals surface area (Å²) in [5, 5.41) is 0. The fourth-order valence-corrected chi connectivity index (χ4v) is 5.38. The predicted molar refractivity (Wildman–Crippen MR) is 133 cm³/mol. The Balaban J connectivity index is 1.32. The second kappa shape index (κ2) is 9.42. The molecule has 0 spiro atoms. The molecule has 2 aliphatic rings. The number of carbonyl (C=O) groups excluding carboxylic acids is 1. The van der Waals surface area contributed by atoms with E-state index in [9.17, 15) is 13.6 Å². The van der Waals surface area contributed by atoms with Gasteiger partial charge < -0.3 is 0 Å². The first kappa shape index (κ1) is 23.5. The van der Waals surface area contributed by atoms with Gasteiger partial charge in [-0.1, -0.05) is 30.3 Å². The molecule has 3 heterocycles. The van der Waals surface area contributed by atoms with E-state index in [0.29, 0.717) is 25.2 Å². The minimum Gasteiger partial charge on any atom is -0.294 e. The van der Waals surface area contributed by atoms with Crippen LogP contribution in [0, 0.1) is 19.8 Å². The number of Topliss-reactive ketones (excluding diaryl/α,β-unsaturated/α-hetero) is 1. The number of piperidine rings is 1. The lowest BCUT2D eigenvalue weighted by Crippen LogP contribution is -2.47. The van der Waals surface area contributed by atoms with E-state index in [1.54, 1.807) is 12.4 Å². The quantitative estimate of drug-likeness (QED) is 0.427. The van der Waals surface area contributed by atoms with E-state index in [1.165, 1.54) is 0 Å². The van der Waals surface area contributed by atoms with E-state index >= 15 is 0 Å². The number of hydrogen-bond acceptors (Lipinski definition) is 4. The van der Waals surface area contributed by atoms with E-state index in [2.05, 4.69) is 9.98 Å². The minimum absolute atomic E-state index is 0.0940. The highest BCUT2D eigenvalue weighted by atomic mass is 19.3. The Morgan fingerprint density at radius 1 is 1.09 bits per heavy atom. The Morgan fingerprint density at radius 2 is 1.83 bits per heavy atom. The maximum Gasteiger partial charge on any atom is 0.260 e. The van der Waals surface area contributed by atoms with Gasteiger partial charge in [0.15, 0.2) is 5.78 Å². The van der Waals surface area contributed by atoms with Crippen molar-refractivity contribution in [1.29, 1.82) is 0 Å². The van der Waals surface area contributed by atoms with Crippen molar-refractivity contribution in [3.63, 3.8) is 0 Å². The number of nitrogens with zero attached hydrogens (tertiary/aromatic N) is 3. The maximum atomic E-state index is 14.7. The van der Waals surface area contributed by atoms with Crippen LogP contribution in [-0.2, 0) is 13.1 Å². The number of aliphatic imine (C=N–C) groups is 1. The van der Waals surface area contributed by atoms with Crippen LogP contribution < -0.4 is 0 Å². The van der Waals surface area contributed by atoms with Crippen LogP contribution in [0.2, 0.25) is 0 Å². The molecule has 35 heavy (non-hydrogen) atoms. The van der Waals surface area contributed by atoms with Crippen molar-refractivity contribution in [3.8, 4) is 0 Å². The summed E-state index contributed by atoms with van der Waals surface area (Å²) in [4.78, 5) is 23.7. The third kappa shape index (κ3) is 5.08. The number of pyridine rings is 1. The molecular weight excluding hydrogens is 444 g/mol. The fourth-order valence-electron chi connectivity index (χ4n) is 5.38. The van der Waals surface area contributed by atoms with Gasteiger partial charge >= 0.3 is 0 Å². The number of fused-ring (bicyclic) bond motifs is 1. The molecule has 1 unspecified atom stereocenters. The minimum atomic E-state index is -2.81. The molecule has 2 aromatic carbocycles. The van der Waals surface area contributed by atoms with Crippen LogP contribution in [-0.4, -0.2) is 40.4 Å². The molecule has 0 N–H and O–H groups in total. The largest absolute Gasteiger partial charge is 0.294 e. The molecule has 4 nitrogen and oxygen atoms in total. The molecule has 1 atom stereocenters.